The molecule has 0 bridgehead atoms. The van der Waals surface area contributed by atoms with Crippen molar-refractivity contribution in [2.45, 2.75) is 59.3 Å². The molecule has 0 atom stereocenters. The highest BCUT2D eigenvalue weighted by Gasteiger charge is 2.29. The van der Waals surface area contributed by atoms with Gasteiger partial charge in [0.25, 0.3) is 5.91 Å². The van der Waals surface area contributed by atoms with Gasteiger partial charge in [-0.15, -0.1) is 0 Å². The van der Waals surface area contributed by atoms with E-state index in [-0.39, 0.29) is 23.4 Å². The molecule has 2 aliphatic heterocycles. The standard InChI is InChI=1S/C45H50N4O6/c1-4-46-45(51)43-42(35-15-16-36-28-49(20-17-34(36)25-35)41(50)18-19-48-21-23-52-24-22-48)44(55-47-43)38-26-37(31(2)3)39(53-29-32-11-7-5-8-12-32)27-40(38)54-30-33-13-9-6-10-14-33/h5-16,25-27,31H,4,17-24,28-30H2,1-3H3,(H,46,51). The molecule has 0 aliphatic carbocycles. The van der Waals surface area contributed by atoms with Gasteiger partial charge in [0.1, 0.15) is 24.7 Å². The molecule has 3 heterocycles. The summed E-state index contributed by atoms with van der Waals surface area (Å²) in [5.74, 6) is 1.66. The molecule has 10 heteroatoms. The number of ether oxygens (including phenoxy) is 3. The van der Waals surface area contributed by atoms with Crippen molar-refractivity contribution >= 4 is 11.8 Å². The maximum absolute atomic E-state index is 13.6. The Kier molecular flexibility index (Phi) is 12.2. The van der Waals surface area contributed by atoms with Crippen molar-refractivity contribution in [3.05, 3.63) is 125 Å². The molecule has 5 aromatic rings. The van der Waals surface area contributed by atoms with Crippen LogP contribution in [0.4, 0.5) is 0 Å². The largest absolute Gasteiger partial charge is 0.488 e. The molecule has 1 aromatic heterocycles. The van der Waals surface area contributed by atoms with Gasteiger partial charge in [0.15, 0.2) is 11.5 Å². The van der Waals surface area contributed by atoms with Crippen molar-refractivity contribution in [1.82, 2.24) is 20.3 Å². The second-order valence-corrected chi connectivity index (χ2v) is 14.4. The summed E-state index contributed by atoms with van der Waals surface area (Å²) in [4.78, 5) is 31.1. The lowest BCUT2D eigenvalue weighted by Crippen LogP contribution is -2.41. The highest BCUT2D eigenvalue weighted by molar-refractivity contribution is 6.02. The summed E-state index contributed by atoms with van der Waals surface area (Å²) in [5.41, 5.74) is 7.57. The Bertz CT molecular complexity index is 2070. The first kappa shape index (κ1) is 37.8. The lowest BCUT2D eigenvalue weighted by atomic mass is 9.91. The van der Waals surface area contributed by atoms with E-state index in [1.165, 1.54) is 0 Å². The van der Waals surface area contributed by atoms with Gasteiger partial charge in [-0.2, -0.15) is 0 Å². The smallest absolute Gasteiger partial charge is 0.274 e. The maximum Gasteiger partial charge on any atom is 0.274 e. The number of amides is 2. The molecule has 286 valence electrons. The van der Waals surface area contributed by atoms with Crippen LogP contribution in [0, 0.1) is 0 Å². The van der Waals surface area contributed by atoms with E-state index >= 15 is 0 Å². The molecule has 1 saturated heterocycles. The number of carbonyl (C=O) groups excluding carboxylic acids is 2. The zero-order valence-corrected chi connectivity index (χ0v) is 32.0. The zero-order chi connectivity index (χ0) is 38.1. The van der Waals surface area contributed by atoms with E-state index in [0.29, 0.717) is 74.1 Å². The highest BCUT2D eigenvalue weighted by Crippen LogP contribution is 2.45. The maximum atomic E-state index is 13.6. The van der Waals surface area contributed by atoms with Crippen LogP contribution >= 0.6 is 0 Å². The Labute approximate surface area is 323 Å². The minimum atomic E-state index is -0.319. The second kappa shape index (κ2) is 17.8. The van der Waals surface area contributed by atoms with Crippen molar-refractivity contribution < 1.29 is 28.3 Å². The van der Waals surface area contributed by atoms with Gasteiger partial charge in [0, 0.05) is 51.8 Å². The van der Waals surface area contributed by atoms with Crippen LogP contribution in [0.5, 0.6) is 11.5 Å². The molecule has 10 nitrogen and oxygen atoms in total. The lowest BCUT2D eigenvalue weighted by Gasteiger charge is -2.31. The molecule has 1 fully saturated rings. The van der Waals surface area contributed by atoms with Crippen molar-refractivity contribution in [2.24, 2.45) is 0 Å². The zero-order valence-electron chi connectivity index (χ0n) is 32.0. The Morgan fingerprint density at radius 3 is 2.20 bits per heavy atom. The normalized spacial score (nSPS) is 14.4. The van der Waals surface area contributed by atoms with E-state index in [4.69, 9.17) is 18.7 Å². The van der Waals surface area contributed by atoms with Gasteiger partial charge in [-0.25, -0.2) is 0 Å². The fourth-order valence-corrected chi connectivity index (χ4v) is 7.22. The molecule has 0 saturated carbocycles. The molecule has 0 radical (unpaired) electrons. The average molecular weight is 743 g/mol. The van der Waals surface area contributed by atoms with Crippen LogP contribution in [-0.4, -0.2) is 72.7 Å². The summed E-state index contributed by atoms with van der Waals surface area (Å²) in [7, 11) is 0. The van der Waals surface area contributed by atoms with E-state index in [0.717, 1.165) is 66.2 Å². The second-order valence-electron chi connectivity index (χ2n) is 14.4. The van der Waals surface area contributed by atoms with E-state index in [1.807, 2.05) is 84.6 Å². The monoisotopic (exact) mass is 742 g/mol. The van der Waals surface area contributed by atoms with E-state index in [2.05, 4.69) is 47.4 Å². The van der Waals surface area contributed by atoms with Gasteiger partial charge in [-0.1, -0.05) is 97.9 Å². The van der Waals surface area contributed by atoms with Crippen LogP contribution in [0.25, 0.3) is 22.5 Å². The number of hydrogen-bond acceptors (Lipinski definition) is 8. The number of morpholine rings is 1. The molecular formula is C45H50N4O6. The first-order valence-electron chi connectivity index (χ1n) is 19.4. The third-order valence-electron chi connectivity index (χ3n) is 10.3. The Morgan fingerprint density at radius 2 is 1.53 bits per heavy atom. The van der Waals surface area contributed by atoms with Crippen LogP contribution in [0.3, 0.4) is 0 Å². The van der Waals surface area contributed by atoms with Gasteiger partial charge >= 0.3 is 0 Å². The minimum Gasteiger partial charge on any atom is -0.488 e. The molecule has 1 N–H and O–H groups in total. The van der Waals surface area contributed by atoms with Crippen molar-refractivity contribution in [3.63, 3.8) is 0 Å². The Hall–Kier alpha value is -5.45. The van der Waals surface area contributed by atoms with Crippen molar-refractivity contribution in [3.8, 4) is 33.9 Å². The molecular weight excluding hydrogens is 693 g/mol. The highest BCUT2D eigenvalue weighted by atomic mass is 16.5. The number of benzene rings is 4. The molecule has 2 aliphatic rings. The number of nitrogens with zero attached hydrogens (tertiary/aromatic N) is 3. The summed E-state index contributed by atoms with van der Waals surface area (Å²) in [6, 6.07) is 30.3. The van der Waals surface area contributed by atoms with Crippen LogP contribution < -0.4 is 14.8 Å². The fraction of sp³-hybridized carbons (Fsp3) is 0.356. The van der Waals surface area contributed by atoms with E-state index < -0.39 is 0 Å². The van der Waals surface area contributed by atoms with Crippen LogP contribution in [0.2, 0.25) is 0 Å². The number of rotatable bonds is 14. The van der Waals surface area contributed by atoms with Gasteiger partial charge in [-0.3, -0.25) is 14.5 Å². The molecule has 55 heavy (non-hydrogen) atoms. The van der Waals surface area contributed by atoms with Crippen molar-refractivity contribution in [1.29, 1.82) is 0 Å². The summed E-state index contributed by atoms with van der Waals surface area (Å²) in [5, 5.41) is 7.31. The lowest BCUT2D eigenvalue weighted by molar-refractivity contribution is -0.132. The Balaban J connectivity index is 1.24. The van der Waals surface area contributed by atoms with Crippen molar-refractivity contribution in [2.75, 3.05) is 45.9 Å². The minimum absolute atomic E-state index is 0.102. The summed E-state index contributed by atoms with van der Waals surface area (Å²) in [6.07, 6.45) is 1.20. The number of aromatic nitrogens is 1. The SMILES string of the molecule is CCNC(=O)c1noc(-c2cc(C(C)C)c(OCc3ccccc3)cc2OCc2ccccc2)c1-c1ccc2c(c1)CCN(C(=O)CCN1CCOCC1)C2. The first-order valence-corrected chi connectivity index (χ1v) is 19.4. The van der Waals surface area contributed by atoms with E-state index in [9.17, 15) is 9.59 Å². The molecule has 4 aromatic carbocycles. The number of nitrogens with one attached hydrogen (secondary N) is 1. The average Bonchev–Trinajstić information content (AvgIpc) is 3.67. The van der Waals surface area contributed by atoms with Crippen LogP contribution in [0.1, 0.15) is 71.4 Å². The van der Waals surface area contributed by atoms with E-state index in [1.54, 1.807) is 0 Å². The number of hydrogen-bond donors (Lipinski definition) is 1. The quantitative estimate of drug-likeness (QED) is 0.124. The van der Waals surface area contributed by atoms with Crippen LogP contribution in [0.15, 0.2) is 95.5 Å². The first-order chi connectivity index (χ1) is 26.9. The fourth-order valence-electron chi connectivity index (χ4n) is 7.22. The predicted molar refractivity (Wildman–Crippen MR) is 212 cm³/mol. The summed E-state index contributed by atoms with van der Waals surface area (Å²) in [6.45, 7) is 12.4. The molecule has 0 unspecified atom stereocenters. The number of fused-ring (bicyclic) bond motifs is 1. The van der Waals surface area contributed by atoms with Crippen LogP contribution in [-0.2, 0) is 35.7 Å². The third kappa shape index (κ3) is 9.10. The summed E-state index contributed by atoms with van der Waals surface area (Å²) < 4.78 is 24.7. The number of carbonyl (C=O) groups is 2. The van der Waals surface area contributed by atoms with Gasteiger partial charge in [0.2, 0.25) is 5.91 Å². The Morgan fingerprint density at radius 1 is 0.836 bits per heavy atom. The van der Waals surface area contributed by atoms with Gasteiger partial charge < -0.3 is 29.0 Å². The van der Waals surface area contributed by atoms with Gasteiger partial charge in [-0.05, 0) is 58.7 Å². The molecule has 7 rings (SSSR count). The predicted octanol–water partition coefficient (Wildman–Crippen LogP) is 7.65. The third-order valence-corrected chi connectivity index (χ3v) is 10.3. The van der Waals surface area contributed by atoms with Gasteiger partial charge in [0.05, 0.1) is 24.3 Å². The molecule has 0 spiro atoms. The topological polar surface area (TPSA) is 106 Å². The summed E-state index contributed by atoms with van der Waals surface area (Å²) >= 11 is 0. The molecule has 2 amide bonds.